The Morgan fingerprint density at radius 1 is 1.15 bits per heavy atom. The van der Waals surface area contributed by atoms with Crippen LogP contribution in [-0.4, -0.2) is 28.6 Å². The van der Waals surface area contributed by atoms with Gasteiger partial charge in [0.1, 0.15) is 0 Å². The molecule has 0 aliphatic heterocycles. The third kappa shape index (κ3) is 10.4. The van der Waals surface area contributed by atoms with Crippen molar-refractivity contribution < 1.29 is 38.8 Å². The van der Waals surface area contributed by atoms with Gasteiger partial charge in [0, 0.05) is 0 Å². The predicted molar refractivity (Wildman–Crippen MR) is 99.7 cm³/mol. The van der Waals surface area contributed by atoms with Crippen LogP contribution in [0.4, 0.5) is 9.59 Å². The molecular weight excluding hydrogens is 390 g/mol. The van der Waals surface area contributed by atoms with Gasteiger partial charge in [-0.1, -0.05) is 6.07 Å². The van der Waals surface area contributed by atoms with E-state index in [0.717, 1.165) is 5.56 Å². The van der Waals surface area contributed by atoms with E-state index in [4.69, 9.17) is 9.47 Å². The second-order valence-electron chi connectivity index (χ2n) is 6.46. The van der Waals surface area contributed by atoms with Crippen LogP contribution in [0.25, 0.3) is 6.08 Å². The fourth-order valence-corrected chi connectivity index (χ4v) is 2.10. The molecule has 6 nitrogen and oxygen atoms in total. The summed E-state index contributed by atoms with van der Waals surface area (Å²) in [6, 6.07) is 8.71. The van der Waals surface area contributed by atoms with Crippen LogP contribution in [0.15, 0.2) is 48.6 Å². The SMILES string of the molecule is [CH3][Fe][C](=O)OC(=O)[C@H](CC=CC=Cc1ccccc1)NC(=O)OC(C)(C)C. The average Bonchev–Trinajstić information content (AvgIpc) is 2.59. The molecule has 1 N–H and O–H groups in total. The van der Waals surface area contributed by atoms with Gasteiger partial charge in [0.15, 0.2) is 0 Å². The molecule has 0 aromatic heterocycles. The molecule has 1 aromatic rings. The van der Waals surface area contributed by atoms with Crippen LogP contribution in [0.1, 0.15) is 32.8 Å². The van der Waals surface area contributed by atoms with Crippen molar-refractivity contribution >= 4 is 23.0 Å². The molecule has 0 heterocycles. The monoisotopic (exact) mass is 415 g/mol. The number of hydrogen-bond acceptors (Lipinski definition) is 5. The number of allylic oxidation sites excluding steroid dienone is 2. The first-order valence-electron chi connectivity index (χ1n) is 8.30. The molecule has 0 saturated carbocycles. The summed E-state index contributed by atoms with van der Waals surface area (Å²) >= 11 is 0.0700. The fourth-order valence-electron chi connectivity index (χ4n) is 1.87. The van der Waals surface area contributed by atoms with E-state index in [1.165, 1.54) is 0 Å². The van der Waals surface area contributed by atoms with Crippen molar-refractivity contribution in [2.75, 3.05) is 0 Å². The number of esters is 1. The van der Waals surface area contributed by atoms with E-state index < -0.39 is 28.6 Å². The van der Waals surface area contributed by atoms with Crippen LogP contribution in [0.5, 0.6) is 0 Å². The van der Waals surface area contributed by atoms with E-state index in [1.807, 2.05) is 42.5 Å². The summed E-state index contributed by atoms with van der Waals surface area (Å²) in [4.78, 5) is 34.8. The Morgan fingerprint density at radius 2 is 1.81 bits per heavy atom. The molecule has 0 spiro atoms. The van der Waals surface area contributed by atoms with E-state index in [9.17, 15) is 14.4 Å². The van der Waals surface area contributed by atoms with Crippen LogP contribution in [0, 0.1) is 0 Å². The van der Waals surface area contributed by atoms with Gasteiger partial charge in [0.05, 0.1) is 0 Å². The standard InChI is InChI=1S/C19H22NO5.CH3.Fe/c1-19(2,3)25-18(23)20-16(17(22)24-14-21)13-9-5-8-12-15-10-6-4-7-11-15;;/h4-12,16H,13H2,1-3H3,(H,20,23);1H3;/t16-;;/m0../s1. The van der Waals surface area contributed by atoms with E-state index in [2.05, 4.69) is 5.32 Å². The zero-order valence-corrected chi connectivity index (χ0v) is 17.0. The molecule has 1 aromatic carbocycles. The fraction of sp³-hybridized carbons (Fsp3) is 0.350. The van der Waals surface area contributed by atoms with Gasteiger partial charge in [0.25, 0.3) is 0 Å². The minimum absolute atomic E-state index is 0.0700. The number of benzene rings is 1. The first-order valence-corrected chi connectivity index (χ1v) is 9.96. The number of carbonyl (C=O) groups is 3. The predicted octanol–water partition coefficient (Wildman–Crippen LogP) is 4.33. The maximum atomic E-state index is 12.1. The number of rotatable bonds is 7. The van der Waals surface area contributed by atoms with Crippen LogP contribution >= 0.6 is 0 Å². The van der Waals surface area contributed by atoms with Crippen molar-refractivity contribution in [2.45, 2.75) is 44.7 Å². The molecule has 7 heteroatoms. The molecule has 0 saturated heterocycles. The number of alkyl carbamates (subject to hydrolysis) is 1. The summed E-state index contributed by atoms with van der Waals surface area (Å²) in [5, 5.41) is 2.45. The molecule has 1 atom stereocenters. The van der Waals surface area contributed by atoms with Gasteiger partial charge in [0.2, 0.25) is 0 Å². The minimum atomic E-state index is -1.02. The summed E-state index contributed by atoms with van der Waals surface area (Å²) in [5.41, 5.74) is 0.338. The Hall–Kier alpha value is -2.37. The second-order valence-corrected chi connectivity index (χ2v) is 7.46. The number of nitrogens with one attached hydrogen (secondary N) is 1. The van der Waals surface area contributed by atoms with Crippen molar-refractivity contribution in [3.63, 3.8) is 0 Å². The van der Waals surface area contributed by atoms with Gasteiger partial charge in [-0.15, -0.1) is 0 Å². The van der Waals surface area contributed by atoms with E-state index >= 15 is 0 Å². The maximum absolute atomic E-state index is 12.1. The number of amides is 1. The van der Waals surface area contributed by atoms with Gasteiger partial charge in [-0.2, -0.15) is 0 Å². The van der Waals surface area contributed by atoms with E-state index in [-0.39, 0.29) is 21.4 Å². The third-order valence-electron chi connectivity index (χ3n) is 3.01. The van der Waals surface area contributed by atoms with Crippen molar-refractivity contribution in [3.8, 4) is 0 Å². The topological polar surface area (TPSA) is 81.7 Å². The Kier molecular flexibility index (Phi) is 9.54. The van der Waals surface area contributed by atoms with Crippen LogP contribution in [0.2, 0.25) is 5.82 Å². The summed E-state index contributed by atoms with van der Waals surface area (Å²) in [7, 11) is 0. The quantitative estimate of drug-likeness (QED) is 0.310. The van der Waals surface area contributed by atoms with Gasteiger partial charge in [-0.05, 0) is 0 Å². The molecule has 0 bridgehead atoms. The second kappa shape index (κ2) is 11.4. The van der Waals surface area contributed by atoms with Crippen LogP contribution in [0.3, 0.4) is 0 Å². The molecule has 27 heavy (non-hydrogen) atoms. The van der Waals surface area contributed by atoms with Crippen LogP contribution < -0.4 is 5.32 Å². The first kappa shape index (κ1) is 22.7. The van der Waals surface area contributed by atoms with Crippen molar-refractivity contribution in [2.24, 2.45) is 0 Å². The Bertz CT molecular complexity index is 692. The molecule has 0 unspecified atom stereocenters. The molecular formula is C20H25FeNO5. The van der Waals surface area contributed by atoms with Gasteiger partial charge >= 0.3 is 160 Å². The normalized spacial score (nSPS) is 12.9. The summed E-state index contributed by atoms with van der Waals surface area (Å²) in [6.07, 6.45) is 6.61. The van der Waals surface area contributed by atoms with Crippen molar-refractivity contribution in [1.82, 2.24) is 5.32 Å². The molecule has 0 radical (unpaired) electrons. The zero-order valence-electron chi connectivity index (χ0n) is 15.9. The molecule has 0 aliphatic carbocycles. The first-order chi connectivity index (χ1) is 12.7. The van der Waals surface area contributed by atoms with Gasteiger partial charge < -0.3 is 0 Å². The van der Waals surface area contributed by atoms with Gasteiger partial charge in [-0.3, -0.25) is 0 Å². The summed E-state index contributed by atoms with van der Waals surface area (Å²) in [5.74, 6) is 0.768. The third-order valence-corrected chi connectivity index (χ3v) is 3.57. The van der Waals surface area contributed by atoms with Crippen molar-refractivity contribution in [1.29, 1.82) is 0 Å². The molecule has 0 fully saturated rings. The summed E-state index contributed by atoms with van der Waals surface area (Å²) in [6.45, 7) is 5.15. The van der Waals surface area contributed by atoms with E-state index in [0.29, 0.717) is 0 Å². The van der Waals surface area contributed by atoms with Crippen molar-refractivity contribution in [3.05, 3.63) is 54.1 Å². The summed E-state index contributed by atoms with van der Waals surface area (Å²) < 4.78 is 9.87. The Labute approximate surface area is 166 Å². The molecule has 1 rings (SSSR count). The van der Waals surface area contributed by atoms with Crippen LogP contribution in [-0.2, 0) is 29.2 Å². The molecule has 1 amide bonds. The van der Waals surface area contributed by atoms with Gasteiger partial charge in [-0.25, -0.2) is 0 Å². The van der Waals surface area contributed by atoms with E-state index in [1.54, 1.807) is 38.7 Å². The number of carbonyl (C=O) groups excluding carboxylic acids is 3. The number of hydrogen-bond donors (Lipinski definition) is 1. The Balaban J connectivity index is 2.70. The molecule has 0 aliphatic rings. The molecule has 148 valence electrons. The Morgan fingerprint density at radius 3 is 2.41 bits per heavy atom. The average molecular weight is 415 g/mol. The number of ether oxygens (including phenoxy) is 2. The zero-order chi connectivity index (χ0) is 20.3.